The van der Waals surface area contributed by atoms with Gasteiger partial charge in [0, 0.05) is 33.2 Å². The van der Waals surface area contributed by atoms with Gasteiger partial charge in [-0.25, -0.2) is 0 Å². The number of hydrogen-bond acceptors (Lipinski definition) is 4. The molecule has 2 saturated heterocycles. The van der Waals surface area contributed by atoms with Crippen LogP contribution in [0.1, 0.15) is 30.9 Å². The van der Waals surface area contributed by atoms with Crippen LogP contribution in [0.4, 0.5) is 0 Å². The third-order valence-electron chi connectivity index (χ3n) is 6.01. The lowest BCUT2D eigenvalue weighted by molar-refractivity contribution is -0.138. The average molecular weight is 373 g/mol. The van der Waals surface area contributed by atoms with Crippen LogP contribution in [0.25, 0.3) is 0 Å². The highest BCUT2D eigenvalue weighted by molar-refractivity contribution is 5.90. The third kappa shape index (κ3) is 4.33. The van der Waals surface area contributed by atoms with Crippen molar-refractivity contribution in [2.45, 2.75) is 31.3 Å². The number of piperidine rings is 1. The van der Waals surface area contributed by atoms with Gasteiger partial charge in [-0.1, -0.05) is 30.3 Å². The molecule has 2 aliphatic rings. The summed E-state index contributed by atoms with van der Waals surface area (Å²) in [5.74, 6) is -0.205. The predicted octanol–water partition coefficient (Wildman–Crippen LogP) is 1.78. The second-order valence-corrected chi connectivity index (χ2v) is 7.73. The van der Waals surface area contributed by atoms with Crippen LogP contribution in [0.5, 0.6) is 0 Å². The Bertz CT molecular complexity index is 643. The molecule has 0 aliphatic carbocycles. The van der Waals surface area contributed by atoms with Crippen LogP contribution >= 0.6 is 0 Å². The fourth-order valence-corrected chi connectivity index (χ4v) is 4.35. The summed E-state index contributed by atoms with van der Waals surface area (Å²) < 4.78 is 5.19. The Labute approximate surface area is 162 Å². The molecule has 2 atom stereocenters. The van der Waals surface area contributed by atoms with Gasteiger partial charge in [-0.05, 0) is 38.5 Å². The molecule has 2 heterocycles. The highest BCUT2D eigenvalue weighted by Crippen LogP contribution is 2.39. The van der Waals surface area contributed by atoms with E-state index in [-0.39, 0.29) is 36.2 Å². The summed E-state index contributed by atoms with van der Waals surface area (Å²) >= 11 is 0. The first kappa shape index (κ1) is 19.8. The van der Waals surface area contributed by atoms with Gasteiger partial charge in [0.2, 0.25) is 11.8 Å². The van der Waals surface area contributed by atoms with Gasteiger partial charge in [0.1, 0.15) is 0 Å². The Hall–Kier alpha value is -1.92. The molecular weight excluding hydrogens is 342 g/mol. The van der Waals surface area contributed by atoms with Crippen molar-refractivity contribution in [3.63, 3.8) is 0 Å². The Morgan fingerprint density at radius 3 is 2.52 bits per heavy atom. The summed E-state index contributed by atoms with van der Waals surface area (Å²) in [7, 11) is 5.66. The molecule has 6 nitrogen and oxygen atoms in total. The lowest BCUT2D eigenvalue weighted by Crippen LogP contribution is -2.47. The average Bonchev–Trinajstić information content (AvgIpc) is 3.02. The van der Waals surface area contributed by atoms with Gasteiger partial charge in [0.05, 0.1) is 18.6 Å². The summed E-state index contributed by atoms with van der Waals surface area (Å²) in [5, 5.41) is 0. The molecule has 0 N–H and O–H groups in total. The van der Waals surface area contributed by atoms with Gasteiger partial charge in [-0.2, -0.15) is 0 Å². The second-order valence-electron chi connectivity index (χ2n) is 7.73. The van der Waals surface area contributed by atoms with Crippen molar-refractivity contribution < 1.29 is 14.3 Å². The molecule has 1 aromatic rings. The molecule has 27 heavy (non-hydrogen) atoms. The van der Waals surface area contributed by atoms with E-state index in [2.05, 4.69) is 11.9 Å². The van der Waals surface area contributed by atoms with E-state index in [1.165, 1.54) is 0 Å². The predicted molar refractivity (Wildman–Crippen MR) is 104 cm³/mol. The van der Waals surface area contributed by atoms with Crippen molar-refractivity contribution in [3.05, 3.63) is 35.9 Å². The standard InChI is InChI=1S/C21H31N3O3/c1-22-11-9-17(10-12-22)23(2)21(26)18-15-19(25)24(13-14-27-3)20(18)16-7-5-4-6-8-16/h4-8,17-18,20H,9-15H2,1-3H3/t18-,20+/m1/s1. The zero-order valence-corrected chi connectivity index (χ0v) is 16.6. The normalized spacial score (nSPS) is 24.4. The van der Waals surface area contributed by atoms with Crippen LogP contribution in [0.2, 0.25) is 0 Å². The van der Waals surface area contributed by atoms with Crippen LogP contribution in [-0.2, 0) is 14.3 Å². The molecule has 1 aromatic carbocycles. The van der Waals surface area contributed by atoms with E-state index in [4.69, 9.17) is 4.74 Å². The number of benzene rings is 1. The first-order chi connectivity index (χ1) is 13.0. The van der Waals surface area contributed by atoms with Gasteiger partial charge in [0.15, 0.2) is 0 Å². The quantitative estimate of drug-likeness (QED) is 0.763. The highest BCUT2D eigenvalue weighted by Gasteiger charge is 2.45. The molecule has 0 bridgehead atoms. The largest absolute Gasteiger partial charge is 0.383 e. The molecule has 0 saturated carbocycles. The van der Waals surface area contributed by atoms with Crippen LogP contribution in [0, 0.1) is 5.92 Å². The van der Waals surface area contributed by atoms with E-state index in [9.17, 15) is 9.59 Å². The van der Waals surface area contributed by atoms with E-state index in [0.717, 1.165) is 31.5 Å². The first-order valence-corrected chi connectivity index (χ1v) is 9.81. The van der Waals surface area contributed by atoms with Crippen LogP contribution in [0.3, 0.4) is 0 Å². The molecule has 2 fully saturated rings. The fraction of sp³-hybridized carbons (Fsp3) is 0.619. The molecule has 2 aliphatic heterocycles. The minimum absolute atomic E-state index is 0.0380. The van der Waals surface area contributed by atoms with Gasteiger partial charge < -0.3 is 19.4 Å². The van der Waals surface area contributed by atoms with E-state index in [1.54, 1.807) is 7.11 Å². The SMILES string of the molecule is COCCN1C(=O)C[C@@H](C(=O)N(C)C2CCN(C)CC2)[C@@H]1c1ccccc1. The van der Waals surface area contributed by atoms with E-state index in [0.29, 0.717) is 13.2 Å². The van der Waals surface area contributed by atoms with Crippen molar-refractivity contribution in [3.8, 4) is 0 Å². The Morgan fingerprint density at radius 2 is 1.89 bits per heavy atom. The Balaban J connectivity index is 1.81. The molecule has 0 spiro atoms. The number of hydrogen-bond donors (Lipinski definition) is 0. The summed E-state index contributed by atoms with van der Waals surface area (Å²) in [4.78, 5) is 32.1. The van der Waals surface area contributed by atoms with Crippen molar-refractivity contribution in [2.75, 3.05) is 47.4 Å². The highest BCUT2D eigenvalue weighted by atomic mass is 16.5. The Kier molecular flexibility index (Phi) is 6.50. The van der Waals surface area contributed by atoms with Gasteiger partial charge in [-0.15, -0.1) is 0 Å². The second kappa shape index (κ2) is 8.85. The maximum atomic E-state index is 13.4. The molecule has 0 aromatic heterocycles. The van der Waals surface area contributed by atoms with Gasteiger partial charge in [0.25, 0.3) is 0 Å². The van der Waals surface area contributed by atoms with Crippen LogP contribution < -0.4 is 0 Å². The molecule has 3 rings (SSSR count). The fourth-order valence-electron chi connectivity index (χ4n) is 4.35. The number of carbonyl (C=O) groups is 2. The zero-order chi connectivity index (χ0) is 19.4. The van der Waals surface area contributed by atoms with Crippen molar-refractivity contribution >= 4 is 11.8 Å². The summed E-state index contributed by atoms with van der Waals surface area (Å²) in [6.07, 6.45) is 2.25. The molecule has 0 radical (unpaired) electrons. The Morgan fingerprint density at radius 1 is 1.22 bits per heavy atom. The van der Waals surface area contributed by atoms with Crippen molar-refractivity contribution in [1.29, 1.82) is 0 Å². The third-order valence-corrected chi connectivity index (χ3v) is 6.01. The summed E-state index contributed by atoms with van der Waals surface area (Å²) in [6, 6.07) is 9.96. The molecule has 0 unspecified atom stereocenters. The zero-order valence-electron chi connectivity index (χ0n) is 16.6. The number of methoxy groups -OCH3 is 1. The number of amides is 2. The minimum atomic E-state index is -0.332. The van der Waals surface area contributed by atoms with E-state index in [1.807, 2.05) is 47.2 Å². The van der Waals surface area contributed by atoms with Crippen molar-refractivity contribution in [1.82, 2.24) is 14.7 Å². The number of likely N-dealkylation sites (tertiary alicyclic amines) is 2. The minimum Gasteiger partial charge on any atom is -0.383 e. The van der Waals surface area contributed by atoms with Crippen LogP contribution in [0.15, 0.2) is 30.3 Å². The monoisotopic (exact) mass is 373 g/mol. The smallest absolute Gasteiger partial charge is 0.228 e. The lowest BCUT2D eigenvalue weighted by Gasteiger charge is -2.37. The maximum Gasteiger partial charge on any atom is 0.228 e. The maximum absolute atomic E-state index is 13.4. The van der Waals surface area contributed by atoms with E-state index < -0.39 is 0 Å². The number of rotatable bonds is 6. The lowest BCUT2D eigenvalue weighted by atomic mass is 9.91. The van der Waals surface area contributed by atoms with E-state index >= 15 is 0 Å². The first-order valence-electron chi connectivity index (χ1n) is 9.81. The van der Waals surface area contributed by atoms with Gasteiger partial charge >= 0.3 is 0 Å². The van der Waals surface area contributed by atoms with Gasteiger partial charge in [-0.3, -0.25) is 9.59 Å². The molecular formula is C21H31N3O3. The molecule has 148 valence electrons. The number of nitrogens with zero attached hydrogens (tertiary/aromatic N) is 3. The topological polar surface area (TPSA) is 53.1 Å². The van der Waals surface area contributed by atoms with Crippen LogP contribution in [-0.4, -0.2) is 80.0 Å². The van der Waals surface area contributed by atoms with Crippen molar-refractivity contribution in [2.24, 2.45) is 5.92 Å². The summed E-state index contributed by atoms with van der Waals surface area (Å²) in [5.41, 5.74) is 1.02. The number of ether oxygens (including phenoxy) is 1. The molecule has 6 heteroatoms. The molecule has 2 amide bonds. The summed E-state index contributed by atoms with van der Waals surface area (Å²) in [6.45, 7) is 3.00. The number of carbonyl (C=O) groups excluding carboxylic acids is 2.